The lowest BCUT2D eigenvalue weighted by Gasteiger charge is -2.05. The molecule has 0 saturated carbocycles. The van der Waals surface area contributed by atoms with Crippen molar-refractivity contribution in [3.8, 4) is 5.75 Å². The Bertz CT molecular complexity index is 1010. The normalized spacial score (nSPS) is 11.6. The first-order valence-corrected chi connectivity index (χ1v) is 7.52. The van der Waals surface area contributed by atoms with E-state index < -0.39 is 0 Å². The molecule has 21 heavy (non-hydrogen) atoms. The molecule has 2 aromatic heterocycles. The minimum atomic E-state index is -0.258. The average molecular weight is 318 g/mol. The van der Waals surface area contributed by atoms with E-state index in [1.54, 1.807) is 19.2 Å². The molecular formula is C16H9ClFNOS. The fourth-order valence-electron chi connectivity index (χ4n) is 2.58. The van der Waals surface area contributed by atoms with Gasteiger partial charge >= 0.3 is 0 Å². The van der Waals surface area contributed by atoms with Crippen molar-refractivity contribution < 1.29 is 9.13 Å². The third-order valence-electron chi connectivity index (χ3n) is 3.53. The number of ether oxygens (including phenoxy) is 1. The van der Waals surface area contributed by atoms with E-state index >= 15 is 0 Å². The maximum absolute atomic E-state index is 13.6. The van der Waals surface area contributed by atoms with Gasteiger partial charge in [0.05, 0.1) is 17.3 Å². The van der Waals surface area contributed by atoms with Crippen molar-refractivity contribution in [1.29, 1.82) is 0 Å². The molecule has 0 radical (unpaired) electrons. The molecule has 4 rings (SSSR count). The van der Waals surface area contributed by atoms with Crippen molar-refractivity contribution in [3.05, 3.63) is 47.4 Å². The number of benzene rings is 2. The largest absolute Gasteiger partial charge is 0.497 e. The summed E-state index contributed by atoms with van der Waals surface area (Å²) in [6.07, 6.45) is 0. The Morgan fingerprint density at radius 1 is 1.14 bits per heavy atom. The summed E-state index contributed by atoms with van der Waals surface area (Å²) in [5.74, 6) is 0.481. The second-order valence-corrected chi connectivity index (χ2v) is 6.14. The minimum absolute atomic E-state index is 0.258. The summed E-state index contributed by atoms with van der Waals surface area (Å²) >= 11 is 7.82. The van der Waals surface area contributed by atoms with E-state index in [2.05, 4.69) is 4.98 Å². The third-order valence-corrected chi connectivity index (χ3v) is 5.09. The molecule has 0 fully saturated rings. The predicted octanol–water partition coefficient (Wildman–Crippen LogP) is 5.40. The van der Waals surface area contributed by atoms with Crippen LogP contribution in [0.5, 0.6) is 5.75 Å². The lowest BCUT2D eigenvalue weighted by atomic mass is 10.1. The second kappa shape index (κ2) is 4.55. The van der Waals surface area contributed by atoms with Crippen LogP contribution in [0.25, 0.3) is 31.1 Å². The lowest BCUT2D eigenvalue weighted by Crippen LogP contribution is -1.86. The van der Waals surface area contributed by atoms with Crippen LogP contribution in [0.15, 0.2) is 36.4 Å². The number of fused-ring (bicyclic) bond motifs is 5. The molecule has 0 atom stereocenters. The average Bonchev–Trinajstić information content (AvgIpc) is 2.87. The quantitative estimate of drug-likeness (QED) is 0.438. The van der Waals surface area contributed by atoms with Crippen LogP contribution < -0.4 is 4.74 Å². The van der Waals surface area contributed by atoms with Gasteiger partial charge in [0, 0.05) is 20.9 Å². The number of thiophene rings is 1. The molecule has 5 heteroatoms. The Balaban J connectivity index is 2.29. The Labute approximate surface area is 128 Å². The first-order valence-electron chi connectivity index (χ1n) is 6.32. The van der Waals surface area contributed by atoms with Gasteiger partial charge < -0.3 is 4.74 Å². The van der Waals surface area contributed by atoms with Gasteiger partial charge in [-0.05, 0) is 36.4 Å². The highest BCUT2D eigenvalue weighted by Gasteiger charge is 2.14. The van der Waals surface area contributed by atoms with Crippen LogP contribution in [-0.4, -0.2) is 12.1 Å². The van der Waals surface area contributed by atoms with E-state index in [1.807, 2.05) is 18.2 Å². The SMILES string of the molecule is COc1ccc2nc(Cl)c3sc4ccc(F)cc4c3c2c1. The van der Waals surface area contributed by atoms with Gasteiger partial charge in [0.1, 0.15) is 16.7 Å². The van der Waals surface area contributed by atoms with Crippen LogP contribution in [-0.2, 0) is 0 Å². The van der Waals surface area contributed by atoms with E-state index in [-0.39, 0.29) is 5.82 Å². The first-order chi connectivity index (χ1) is 10.2. The predicted molar refractivity (Wildman–Crippen MR) is 86.2 cm³/mol. The fourth-order valence-corrected chi connectivity index (χ4v) is 3.96. The Morgan fingerprint density at radius 3 is 2.81 bits per heavy atom. The summed E-state index contributed by atoms with van der Waals surface area (Å²) in [6.45, 7) is 0. The molecule has 0 N–H and O–H groups in total. The van der Waals surface area contributed by atoms with Gasteiger partial charge in [-0.1, -0.05) is 11.6 Å². The van der Waals surface area contributed by atoms with Crippen LogP contribution in [0.4, 0.5) is 4.39 Å². The summed E-state index contributed by atoms with van der Waals surface area (Å²) < 4.78 is 20.8. The Morgan fingerprint density at radius 2 is 2.00 bits per heavy atom. The monoisotopic (exact) mass is 317 g/mol. The molecule has 2 nitrogen and oxygen atoms in total. The topological polar surface area (TPSA) is 22.1 Å². The van der Waals surface area contributed by atoms with Crippen LogP contribution in [0.2, 0.25) is 5.15 Å². The number of aromatic nitrogens is 1. The van der Waals surface area contributed by atoms with Crippen LogP contribution in [0.1, 0.15) is 0 Å². The molecule has 0 aliphatic carbocycles. The van der Waals surface area contributed by atoms with Crippen LogP contribution in [0.3, 0.4) is 0 Å². The lowest BCUT2D eigenvalue weighted by molar-refractivity contribution is 0.415. The molecule has 0 spiro atoms. The van der Waals surface area contributed by atoms with Gasteiger partial charge in [0.25, 0.3) is 0 Å². The number of nitrogens with zero attached hydrogens (tertiary/aromatic N) is 1. The molecule has 0 aliphatic rings. The highest BCUT2D eigenvalue weighted by molar-refractivity contribution is 7.26. The van der Waals surface area contributed by atoms with Crippen molar-refractivity contribution >= 4 is 54.0 Å². The van der Waals surface area contributed by atoms with E-state index in [0.29, 0.717) is 5.15 Å². The Kier molecular flexibility index (Phi) is 2.77. The van der Waals surface area contributed by atoms with Gasteiger partial charge in [0.2, 0.25) is 0 Å². The van der Waals surface area contributed by atoms with Gasteiger partial charge in [-0.3, -0.25) is 0 Å². The molecule has 0 saturated heterocycles. The van der Waals surface area contributed by atoms with Crippen LogP contribution in [0, 0.1) is 5.82 Å². The zero-order valence-corrected chi connectivity index (χ0v) is 12.6. The smallest absolute Gasteiger partial charge is 0.147 e. The van der Waals surface area contributed by atoms with Gasteiger partial charge in [-0.2, -0.15) is 0 Å². The van der Waals surface area contributed by atoms with Crippen molar-refractivity contribution in [3.63, 3.8) is 0 Å². The molecule has 104 valence electrons. The first kappa shape index (κ1) is 12.8. The summed E-state index contributed by atoms with van der Waals surface area (Å²) in [4.78, 5) is 4.42. The van der Waals surface area contributed by atoms with E-state index in [4.69, 9.17) is 16.3 Å². The second-order valence-electron chi connectivity index (χ2n) is 4.73. The molecule has 0 aliphatic heterocycles. The van der Waals surface area contributed by atoms with E-state index in [1.165, 1.54) is 17.4 Å². The molecule has 0 unspecified atom stereocenters. The van der Waals surface area contributed by atoms with E-state index in [9.17, 15) is 4.39 Å². The zero-order valence-electron chi connectivity index (χ0n) is 11.0. The number of hydrogen-bond donors (Lipinski definition) is 0. The number of pyridine rings is 1. The highest BCUT2D eigenvalue weighted by atomic mass is 35.5. The summed E-state index contributed by atoms with van der Waals surface area (Å²) in [5, 5.41) is 3.16. The standard InChI is InChI=1S/C16H9ClFNOS/c1-20-9-3-4-12-10(7-9)14-11-6-8(18)2-5-13(11)21-15(14)16(17)19-12/h2-7H,1H3. The zero-order chi connectivity index (χ0) is 14.6. The van der Waals surface area contributed by atoms with Crippen molar-refractivity contribution in [2.75, 3.05) is 7.11 Å². The van der Waals surface area contributed by atoms with Gasteiger partial charge in [-0.15, -0.1) is 11.3 Å². The number of rotatable bonds is 1. The van der Waals surface area contributed by atoms with E-state index in [0.717, 1.165) is 36.8 Å². The van der Waals surface area contributed by atoms with Gasteiger partial charge in [0.15, 0.2) is 0 Å². The fraction of sp³-hybridized carbons (Fsp3) is 0.0625. The number of halogens is 2. The molecular weight excluding hydrogens is 309 g/mol. The highest BCUT2D eigenvalue weighted by Crippen LogP contribution is 2.41. The molecule has 0 amide bonds. The summed E-state index contributed by atoms with van der Waals surface area (Å²) in [5.41, 5.74) is 0.775. The molecule has 0 bridgehead atoms. The number of methoxy groups -OCH3 is 1. The van der Waals surface area contributed by atoms with Crippen molar-refractivity contribution in [2.45, 2.75) is 0 Å². The Hall–Kier alpha value is -1.91. The van der Waals surface area contributed by atoms with Crippen molar-refractivity contribution in [1.82, 2.24) is 4.98 Å². The maximum Gasteiger partial charge on any atom is 0.147 e. The molecule has 2 aromatic carbocycles. The van der Waals surface area contributed by atoms with Crippen LogP contribution >= 0.6 is 22.9 Å². The number of hydrogen-bond acceptors (Lipinski definition) is 3. The van der Waals surface area contributed by atoms with Gasteiger partial charge in [-0.25, -0.2) is 9.37 Å². The summed E-state index contributed by atoms with van der Waals surface area (Å²) in [7, 11) is 1.62. The minimum Gasteiger partial charge on any atom is -0.497 e. The molecule has 4 aromatic rings. The molecule has 2 heterocycles. The third kappa shape index (κ3) is 1.87. The summed E-state index contributed by atoms with van der Waals surface area (Å²) in [6, 6.07) is 10.4. The van der Waals surface area contributed by atoms with Crippen molar-refractivity contribution in [2.24, 2.45) is 0 Å². The maximum atomic E-state index is 13.6.